The molecule has 2 aromatic rings. The van der Waals surface area contributed by atoms with Gasteiger partial charge in [-0.15, -0.1) is 0 Å². The predicted octanol–water partition coefficient (Wildman–Crippen LogP) is 1.77. The molecular weight excluding hydrogens is 346 g/mol. The van der Waals surface area contributed by atoms with Gasteiger partial charge in [0.25, 0.3) is 5.91 Å². The molecule has 26 heavy (non-hydrogen) atoms. The maximum atomic E-state index is 12.9. The zero-order valence-electron chi connectivity index (χ0n) is 14.1. The number of ether oxygens (including phenoxy) is 1. The summed E-state index contributed by atoms with van der Waals surface area (Å²) in [4.78, 5) is 27.7. The topological polar surface area (TPSA) is 67.7 Å². The standard InChI is InChI=1S/C17H18F2N4O3/c1-26-13-4-2-12(3-5-13)10-21-8-9-22(11-15(21)24)16(25)14-6-7-20-23(14)17(18)19/h2-7,17H,8-11H2,1H3. The molecule has 138 valence electrons. The quantitative estimate of drug-likeness (QED) is 0.811. The zero-order valence-corrected chi connectivity index (χ0v) is 14.1. The summed E-state index contributed by atoms with van der Waals surface area (Å²) in [6.07, 6.45) is 1.14. The van der Waals surface area contributed by atoms with Gasteiger partial charge in [0.1, 0.15) is 18.0 Å². The largest absolute Gasteiger partial charge is 0.497 e. The highest BCUT2D eigenvalue weighted by Gasteiger charge is 2.30. The lowest BCUT2D eigenvalue weighted by Gasteiger charge is -2.34. The molecule has 0 unspecified atom stereocenters. The van der Waals surface area contributed by atoms with Crippen molar-refractivity contribution in [2.24, 2.45) is 0 Å². The molecule has 3 rings (SSSR count). The molecule has 1 saturated heterocycles. The summed E-state index contributed by atoms with van der Waals surface area (Å²) in [5.74, 6) is -0.130. The number of piperazine rings is 1. The van der Waals surface area contributed by atoms with E-state index in [-0.39, 0.29) is 24.7 Å². The van der Waals surface area contributed by atoms with Crippen LogP contribution in [0.5, 0.6) is 5.75 Å². The maximum absolute atomic E-state index is 12.9. The van der Waals surface area contributed by atoms with E-state index in [9.17, 15) is 18.4 Å². The average Bonchev–Trinajstić information content (AvgIpc) is 3.13. The van der Waals surface area contributed by atoms with Crippen LogP contribution in [0.2, 0.25) is 0 Å². The first-order valence-electron chi connectivity index (χ1n) is 8.01. The molecule has 1 fully saturated rings. The summed E-state index contributed by atoms with van der Waals surface area (Å²) in [5.41, 5.74) is 0.714. The van der Waals surface area contributed by atoms with Gasteiger partial charge in [0.2, 0.25) is 5.91 Å². The third-order valence-electron chi connectivity index (χ3n) is 4.21. The minimum atomic E-state index is -2.91. The number of halogens is 2. The van der Waals surface area contributed by atoms with Crippen LogP contribution in [0.25, 0.3) is 0 Å². The van der Waals surface area contributed by atoms with E-state index in [1.54, 1.807) is 12.0 Å². The molecule has 1 aliphatic rings. The molecule has 0 bridgehead atoms. The Bertz CT molecular complexity index is 792. The van der Waals surface area contributed by atoms with Crippen molar-refractivity contribution >= 4 is 11.8 Å². The fraction of sp³-hybridized carbons (Fsp3) is 0.353. The van der Waals surface area contributed by atoms with Gasteiger partial charge < -0.3 is 14.5 Å². The number of hydrogen-bond acceptors (Lipinski definition) is 4. The number of hydrogen-bond donors (Lipinski definition) is 0. The van der Waals surface area contributed by atoms with Crippen LogP contribution in [0.15, 0.2) is 36.5 Å². The van der Waals surface area contributed by atoms with Crippen molar-refractivity contribution < 1.29 is 23.1 Å². The van der Waals surface area contributed by atoms with E-state index in [1.165, 1.54) is 11.0 Å². The Morgan fingerprint density at radius 2 is 1.96 bits per heavy atom. The molecular formula is C17H18F2N4O3. The van der Waals surface area contributed by atoms with E-state index in [0.717, 1.165) is 17.5 Å². The van der Waals surface area contributed by atoms with E-state index in [1.807, 2.05) is 24.3 Å². The highest BCUT2D eigenvalue weighted by Crippen LogP contribution is 2.17. The molecule has 0 N–H and O–H groups in total. The first kappa shape index (κ1) is 17.8. The van der Waals surface area contributed by atoms with Crippen LogP contribution < -0.4 is 4.74 Å². The number of rotatable bonds is 5. The van der Waals surface area contributed by atoms with Crippen LogP contribution in [0.3, 0.4) is 0 Å². The van der Waals surface area contributed by atoms with Crippen LogP contribution in [0.4, 0.5) is 8.78 Å². The van der Waals surface area contributed by atoms with Gasteiger partial charge in [-0.2, -0.15) is 18.6 Å². The van der Waals surface area contributed by atoms with Crippen molar-refractivity contribution in [3.63, 3.8) is 0 Å². The fourth-order valence-corrected chi connectivity index (χ4v) is 2.80. The lowest BCUT2D eigenvalue weighted by molar-refractivity contribution is -0.135. The summed E-state index contributed by atoms with van der Waals surface area (Å²) in [5, 5.41) is 3.45. The van der Waals surface area contributed by atoms with E-state index < -0.39 is 12.5 Å². The van der Waals surface area contributed by atoms with Gasteiger partial charge in [0.15, 0.2) is 0 Å². The highest BCUT2D eigenvalue weighted by atomic mass is 19.3. The van der Waals surface area contributed by atoms with Crippen molar-refractivity contribution in [3.8, 4) is 5.75 Å². The Morgan fingerprint density at radius 3 is 2.58 bits per heavy atom. The van der Waals surface area contributed by atoms with Crippen molar-refractivity contribution in [2.45, 2.75) is 13.1 Å². The van der Waals surface area contributed by atoms with Crippen LogP contribution in [0, 0.1) is 0 Å². The second-order valence-electron chi connectivity index (χ2n) is 5.83. The average molecular weight is 364 g/mol. The first-order chi connectivity index (χ1) is 12.5. The molecule has 9 heteroatoms. The van der Waals surface area contributed by atoms with Crippen LogP contribution in [-0.2, 0) is 11.3 Å². The molecule has 0 saturated carbocycles. The molecule has 1 aromatic heterocycles. The Labute approximate surface area is 148 Å². The maximum Gasteiger partial charge on any atom is 0.333 e. The van der Waals surface area contributed by atoms with E-state index >= 15 is 0 Å². The molecule has 2 heterocycles. The summed E-state index contributed by atoms with van der Waals surface area (Å²) >= 11 is 0. The van der Waals surface area contributed by atoms with Gasteiger partial charge in [0.05, 0.1) is 7.11 Å². The Hall–Kier alpha value is -2.97. The third kappa shape index (κ3) is 3.66. The zero-order chi connectivity index (χ0) is 18.7. The number of benzene rings is 1. The van der Waals surface area contributed by atoms with Gasteiger partial charge in [0, 0.05) is 25.8 Å². The molecule has 0 atom stereocenters. The molecule has 0 aliphatic carbocycles. The van der Waals surface area contributed by atoms with Gasteiger partial charge in [-0.05, 0) is 23.8 Å². The predicted molar refractivity (Wildman–Crippen MR) is 87.8 cm³/mol. The molecule has 0 radical (unpaired) electrons. The third-order valence-corrected chi connectivity index (χ3v) is 4.21. The van der Waals surface area contributed by atoms with Gasteiger partial charge in [-0.3, -0.25) is 9.59 Å². The van der Waals surface area contributed by atoms with E-state index in [0.29, 0.717) is 17.8 Å². The number of aromatic nitrogens is 2. The van der Waals surface area contributed by atoms with Crippen LogP contribution in [0.1, 0.15) is 22.6 Å². The first-order valence-corrected chi connectivity index (χ1v) is 8.01. The van der Waals surface area contributed by atoms with Crippen molar-refractivity contribution in [1.29, 1.82) is 0 Å². The van der Waals surface area contributed by atoms with E-state index in [2.05, 4.69) is 5.10 Å². The Morgan fingerprint density at radius 1 is 1.23 bits per heavy atom. The highest BCUT2D eigenvalue weighted by molar-refractivity contribution is 5.95. The van der Waals surface area contributed by atoms with Gasteiger partial charge in [-0.1, -0.05) is 12.1 Å². The number of nitrogens with zero attached hydrogens (tertiary/aromatic N) is 4. The summed E-state index contributed by atoms with van der Waals surface area (Å²) < 4.78 is 31.2. The second-order valence-corrected chi connectivity index (χ2v) is 5.83. The minimum absolute atomic E-state index is 0.149. The Kier molecular flexibility index (Phi) is 5.15. The fourth-order valence-electron chi connectivity index (χ4n) is 2.80. The smallest absolute Gasteiger partial charge is 0.333 e. The van der Waals surface area contributed by atoms with Crippen molar-refractivity contribution in [2.75, 3.05) is 26.7 Å². The second kappa shape index (κ2) is 7.51. The van der Waals surface area contributed by atoms with E-state index in [4.69, 9.17) is 4.74 Å². The normalized spacial score (nSPS) is 14.8. The lowest BCUT2D eigenvalue weighted by Crippen LogP contribution is -2.52. The summed E-state index contributed by atoms with van der Waals surface area (Å²) in [6, 6.07) is 8.58. The minimum Gasteiger partial charge on any atom is -0.497 e. The summed E-state index contributed by atoms with van der Waals surface area (Å²) in [7, 11) is 1.58. The van der Waals surface area contributed by atoms with Crippen molar-refractivity contribution in [1.82, 2.24) is 19.6 Å². The number of methoxy groups -OCH3 is 1. The van der Waals surface area contributed by atoms with Crippen molar-refractivity contribution in [3.05, 3.63) is 47.8 Å². The van der Waals surface area contributed by atoms with Gasteiger partial charge >= 0.3 is 6.55 Å². The molecule has 1 aliphatic heterocycles. The molecule has 2 amide bonds. The summed E-state index contributed by atoms with van der Waals surface area (Å²) in [6.45, 7) is -2.03. The number of alkyl halides is 2. The molecule has 0 spiro atoms. The number of amides is 2. The van der Waals surface area contributed by atoms with Crippen LogP contribution >= 0.6 is 0 Å². The van der Waals surface area contributed by atoms with Gasteiger partial charge in [-0.25, -0.2) is 0 Å². The SMILES string of the molecule is COc1ccc(CN2CCN(C(=O)c3ccnn3C(F)F)CC2=O)cc1. The molecule has 1 aromatic carbocycles. The Balaban J connectivity index is 1.63. The lowest BCUT2D eigenvalue weighted by atomic mass is 10.2. The monoisotopic (exact) mass is 364 g/mol. The van der Waals surface area contributed by atoms with Crippen LogP contribution in [-0.4, -0.2) is 58.1 Å². The number of carbonyl (C=O) groups is 2. The number of carbonyl (C=O) groups excluding carboxylic acids is 2. The molecule has 7 nitrogen and oxygen atoms in total.